The number of benzene rings is 1. The molecule has 0 aliphatic carbocycles. The number of hydrogen-bond acceptors (Lipinski definition) is 2. The smallest absolute Gasteiger partial charge is 0.347 e. The van der Waals surface area contributed by atoms with E-state index in [0.29, 0.717) is 5.69 Å². The van der Waals surface area contributed by atoms with Gasteiger partial charge >= 0.3 is 6.18 Å². The van der Waals surface area contributed by atoms with Crippen molar-refractivity contribution in [3.05, 3.63) is 53.9 Å². The molecule has 122 valence electrons. The van der Waals surface area contributed by atoms with E-state index in [4.69, 9.17) is 0 Å². The van der Waals surface area contributed by atoms with Crippen molar-refractivity contribution in [2.24, 2.45) is 7.05 Å². The quantitative estimate of drug-likeness (QED) is 0.907. The summed E-state index contributed by atoms with van der Waals surface area (Å²) in [5.41, 5.74) is 0.452. The molecule has 23 heavy (non-hydrogen) atoms. The summed E-state index contributed by atoms with van der Waals surface area (Å²) in [4.78, 5) is 24.0. The average molecular weight is 325 g/mol. The third-order valence-electron chi connectivity index (χ3n) is 3.05. The summed E-state index contributed by atoms with van der Waals surface area (Å²) in [6.07, 6.45) is -2.83. The van der Waals surface area contributed by atoms with Gasteiger partial charge in [0.25, 0.3) is 11.8 Å². The van der Waals surface area contributed by atoms with Crippen LogP contribution in [0.5, 0.6) is 0 Å². The lowest BCUT2D eigenvalue weighted by molar-refractivity contribution is -0.123. The second-order valence-electron chi connectivity index (χ2n) is 4.80. The zero-order valence-electron chi connectivity index (χ0n) is 12.1. The number of anilines is 1. The molecule has 1 aromatic heterocycles. The molecule has 8 heteroatoms. The molecule has 0 saturated carbocycles. The Morgan fingerprint density at radius 3 is 2.39 bits per heavy atom. The van der Waals surface area contributed by atoms with Crippen LogP contribution < -0.4 is 10.6 Å². The molecule has 0 aliphatic heterocycles. The molecule has 0 atom stereocenters. The van der Waals surface area contributed by atoms with Crippen LogP contribution in [0.15, 0.2) is 42.6 Å². The van der Waals surface area contributed by atoms with Crippen molar-refractivity contribution in [2.75, 3.05) is 11.9 Å². The first-order valence-electron chi connectivity index (χ1n) is 6.64. The Bertz CT molecular complexity index is 723. The van der Waals surface area contributed by atoms with Crippen molar-refractivity contribution in [1.82, 2.24) is 9.88 Å². The van der Waals surface area contributed by atoms with Crippen LogP contribution in [0.25, 0.3) is 0 Å². The summed E-state index contributed by atoms with van der Waals surface area (Å²) < 4.78 is 38.1. The van der Waals surface area contributed by atoms with Gasteiger partial charge in [-0.25, -0.2) is 0 Å². The molecule has 0 aliphatic rings. The third-order valence-corrected chi connectivity index (χ3v) is 3.05. The fourth-order valence-corrected chi connectivity index (χ4v) is 1.95. The number of aromatic nitrogens is 1. The van der Waals surface area contributed by atoms with E-state index in [1.165, 1.54) is 18.2 Å². The van der Waals surface area contributed by atoms with Crippen molar-refractivity contribution in [2.45, 2.75) is 6.18 Å². The number of halogens is 3. The second kappa shape index (κ2) is 6.55. The van der Waals surface area contributed by atoms with Gasteiger partial charge in [-0.15, -0.1) is 0 Å². The number of alkyl halides is 3. The normalized spacial score (nSPS) is 11.1. The van der Waals surface area contributed by atoms with Crippen LogP contribution in [0.3, 0.4) is 0 Å². The lowest BCUT2D eigenvalue weighted by Gasteiger charge is -2.12. The lowest BCUT2D eigenvalue weighted by atomic mass is 10.1. The summed E-state index contributed by atoms with van der Waals surface area (Å²) in [5, 5.41) is 4.31. The number of hydrogen-bond donors (Lipinski definition) is 2. The van der Waals surface area contributed by atoms with E-state index >= 15 is 0 Å². The Kier molecular flexibility index (Phi) is 4.73. The van der Waals surface area contributed by atoms with Gasteiger partial charge in [0.05, 0.1) is 11.3 Å². The number of rotatable bonds is 4. The Morgan fingerprint density at radius 2 is 1.78 bits per heavy atom. The second-order valence-corrected chi connectivity index (χ2v) is 4.80. The van der Waals surface area contributed by atoms with Gasteiger partial charge in [0.2, 0.25) is 0 Å². The van der Waals surface area contributed by atoms with Crippen molar-refractivity contribution in [3.63, 3.8) is 0 Å². The number of carbonyl (C=O) groups excluding carboxylic acids is 2. The monoisotopic (exact) mass is 325 g/mol. The molecule has 0 fully saturated rings. The molecule has 0 spiro atoms. The van der Waals surface area contributed by atoms with E-state index in [-0.39, 0.29) is 11.3 Å². The minimum Gasteiger partial charge on any atom is -0.347 e. The molecule has 2 N–H and O–H groups in total. The number of aryl methyl sites for hydroxylation is 1. The van der Waals surface area contributed by atoms with Gasteiger partial charge in [-0.3, -0.25) is 9.59 Å². The predicted octanol–water partition coefficient (Wildman–Crippen LogP) is 2.57. The number of nitrogens with one attached hydrogen (secondary N) is 2. The van der Waals surface area contributed by atoms with E-state index < -0.39 is 24.5 Å². The molecular weight excluding hydrogens is 311 g/mol. The van der Waals surface area contributed by atoms with Crippen LogP contribution in [0.4, 0.5) is 18.9 Å². The Morgan fingerprint density at radius 1 is 1.09 bits per heavy atom. The summed E-state index contributed by atoms with van der Waals surface area (Å²) in [7, 11) is 1.68. The minimum absolute atomic E-state index is 0.0423. The molecular formula is C15H14F3N3O2. The molecule has 0 bridgehead atoms. The van der Waals surface area contributed by atoms with Crippen LogP contribution in [0.2, 0.25) is 0 Å². The third kappa shape index (κ3) is 4.35. The summed E-state index contributed by atoms with van der Waals surface area (Å²) in [6.45, 7) is -1.44. The minimum atomic E-state index is -4.50. The van der Waals surface area contributed by atoms with E-state index in [2.05, 4.69) is 5.32 Å². The SMILES string of the molecule is Cn1cccc1C(=O)Nc1ccccc1C(=O)NCC(F)(F)F. The van der Waals surface area contributed by atoms with E-state index in [1.54, 1.807) is 41.3 Å². The van der Waals surface area contributed by atoms with Crippen molar-refractivity contribution in [3.8, 4) is 0 Å². The van der Waals surface area contributed by atoms with Crippen molar-refractivity contribution in [1.29, 1.82) is 0 Å². The fourth-order valence-electron chi connectivity index (χ4n) is 1.95. The van der Waals surface area contributed by atoms with Gasteiger partial charge in [0.15, 0.2) is 0 Å². The molecule has 1 heterocycles. The van der Waals surface area contributed by atoms with E-state index in [9.17, 15) is 22.8 Å². The predicted molar refractivity (Wildman–Crippen MR) is 78.2 cm³/mol. The Labute approximate surface area is 130 Å². The molecule has 0 unspecified atom stereocenters. The highest BCUT2D eigenvalue weighted by molar-refractivity contribution is 6.08. The van der Waals surface area contributed by atoms with Gasteiger partial charge < -0.3 is 15.2 Å². The van der Waals surface area contributed by atoms with Crippen molar-refractivity contribution < 1.29 is 22.8 Å². The van der Waals surface area contributed by atoms with Gasteiger partial charge in [-0.1, -0.05) is 12.1 Å². The maximum atomic E-state index is 12.2. The highest BCUT2D eigenvalue weighted by atomic mass is 19.4. The molecule has 2 amide bonds. The lowest BCUT2D eigenvalue weighted by Crippen LogP contribution is -2.34. The fraction of sp³-hybridized carbons (Fsp3) is 0.200. The molecule has 2 aromatic rings. The summed E-state index contributed by atoms with van der Waals surface area (Å²) in [5.74, 6) is -1.38. The maximum Gasteiger partial charge on any atom is 0.405 e. The Hall–Kier alpha value is -2.77. The first-order valence-corrected chi connectivity index (χ1v) is 6.64. The number of amides is 2. The van der Waals surface area contributed by atoms with E-state index in [0.717, 1.165) is 0 Å². The van der Waals surface area contributed by atoms with Gasteiger partial charge in [-0.2, -0.15) is 13.2 Å². The largest absolute Gasteiger partial charge is 0.405 e. The number of carbonyl (C=O) groups is 2. The van der Waals surface area contributed by atoms with Crippen LogP contribution in [0, 0.1) is 0 Å². The topological polar surface area (TPSA) is 63.1 Å². The summed E-state index contributed by atoms with van der Waals surface area (Å²) in [6, 6.07) is 9.12. The molecule has 0 saturated heterocycles. The first kappa shape index (κ1) is 16.6. The maximum absolute atomic E-state index is 12.2. The number of para-hydroxylation sites is 1. The molecule has 5 nitrogen and oxygen atoms in total. The van der Waals surface area contributed by atoms with Crippen LogP contribution in [0.1, 0.15) is 20.8 Å². The molecule has 2 rings (SSSR count). The van der Waals surface area contributed by atoms with Gasteiger partial charge in [0, 0.05) is 13.2 Å². The zero-order valence-corrected chi connectivity index (χ0v) is 12.1. The molecule has 0 radical (unpaired) electrons. The summed E-state index contributed by atoms with van der Waals surface area (Å²) >= 11 is 0. The first-order chi connectivity index (χ1) is 10.8. The van der Waals surface area contributed by atoms with Crippen LogP contribution in [-0.2, 0) is 7.05 Å². The van der Waals surface area contributed by atoms with Gasteiger partial charge in [-0.05, 0) is 24.3 Å². The molecule has 1 aromatic carbocycles. The van der Waals surface area contributed by atoms with Crippen molar-refractivity contribution >= 4 is 17.5 Å². The van der Waals surface area contributed by atoms with Crippen LogP contribution in [-0.4, -0.2) is 29.1 Å². The zero-order chi connectivity index (χ0) is 17.0. The number of nitrogens with zero attached hydrogens (tertiary/aromatic N) is 1. The average Bonchev–Trinajstić information content (AvgIpc) is 2.91. The standard InChI is InChI=1S/C15H14F3N3O2/c1-21-8-4-7-12(21)14(23)20-11-6-3-2-5-10(11)13(22)19-9-15(16,17)18/h2-8H,9H2,1H3,(H,19,22)(H,20,23). The highest BCUT2D eigenvalue weighted by Gasteiger charge is 2.28. The van der Waals surface area contributed by atoms with Gasteiger partial charge in [0.1, 0.15) is 12.2 Å². The van der Waals surface area contributed by atoms with Crippen LogP contribution >= 0.6 is 0 Å². The Balaban J connectivity index is 2.16. The highest BCUT2D eigenvalue weighted by Crippen LogP contribution is 2.18. The van der Waals surface area contributed by atoms with E-state index in [1.807, 2.05) is 0 Å².